The Morgan fingerprint density at radius 1 is 1.17 bits per heavy atom. The number of pyridine rings is 1. The summed E-state index contributed by atoms with van der Waals surface area (Å²) in [4.78, 5) is 17.0. The molecule has 0 N–H and O–H groups in total. The molecule has 1 aliphatic rings. The summed E-state index contributed by atoms with van der Waals surface area (Å²) in [6.07, 6.45) is 6.84. The van der Waals surface area contributed by atoms with E-state index in [1.165, 1.54) is 46.3 Å². The van der Waals surface area contributed by atoms with Gasteiger partial charge >= 0.3 is 0 Å². The van der Waals surface area contributed by atoms with Gasteiger partial charge in [0.1, 0.15) is 15.7 Å². The van der Waals surface area contributed by atoms with Gasteiger partial charge in [0.15, 0.2) is 0 Å². The number of hydrogen-bond acceptors (Lipinski definition) is 5. The molecule has 0 fully saturated rings. The van der Waals surface area contributed by atoms with Crippen molar-refractivity contribution in [2.75, 3.05) is 0 Å². The van der Waals surface area contributed by atoms with Crippen LogP contribution in [-0.2, 0) is 18.6 Å². The smallest absolute Gasteiger partial charge is 0.133 e. The molecule has 24 heavy (non-hydrogen) atoms. The molecule has 3 aromatic heterocycles. The molecule has 0 saturated heterocycles. The van der Waals surface area contributed by atoms with Gasteiger partial charge in [-0.05, 0) is 43.4 Å². The lowest BCUT2D eigenvalue weighted by molar-refractivity contribution is 0.698. The van der Waals surface area contributed by atoms with Gasteiger partial charge in [-0.25, -0.2) is 9.97 Å². The summed E-state index contributed by atoms with van der Waals surface area (Å²) < 4.78 is 0. The van der Waals surface area contributed by atoms with E-state index in [1.807, 2.05) is 29.7 Å². The maximum absolute atomic E-state index is 4.93. The lowest BCUT2D eigenvalue weighted by Gasteiger charge is -2.12. The monoisotopic (exact) mass is 355 g/mol. The number of aromatic nitrogens is 3. The fourth-order valence-electron chi connectivity index (χ4n) is 3.13. The van der Waals surface area contributed by atoms with Crippen LogP contribution in [0.25, 0.3) is 10.2 Å². The van der Waals surface area contributed by atoms with Crippen LogP contribution in [0, 0.1) is 0 Å². The van der Waals surface area contributed by atoms with E-state index < -0.39 is 0 Å². The molecule has 124 valence electrons. The lowest BCUT2D eigenvalue weighted by atomic mass is 9.97. The van der Waals surface area contributed by atoms with Crippen LogP contribution >= 0.6 is 23.1 Å². The molecule has 0 aromatic carbocycles. The maximum atomic E-state index is 4.93. The molecule has 0 bridgehead atoms. The van der Waals surface area contributed by atoms with Crippen molar-refractivity contribution >= 4 is 33.3 Å². The van der Waals surface area contributed by atoms with Crippen LogP contribution in [0.2, 0.25) is 0 Å². The van der Waals surface area contributed by atoms with Crippen molar-refractivity contribution in [1.29, 1.82) is 0 Å². The summed E-state index contributed by atoms with van der Waals surface area (Å²) >= 11 is 3.69. The van der Waals surface area contributed by atoms with E-state index in [0.29, 0.717) is 5.92 Å². The first kappa shape index (κ1) is 16.0. The van der Waals surface area contributed by atoms with Crippen LogP contribution in [0.3, 0.4) is 0 Å². The van der Waals surface area contributed by atoms with Gasteiger partial charge in [-0.2, -0.15) is 0 Å². The number of aryl methyl sites for hydroxylation is 2. The summed E-state index contributed by atoms with van der Waals surface area (Å²) in [5, 5.41) is 2.47. The normalized spacial score (nSPS) is 14.3. The van der Waals surface area contributed by atoms with Crippen molar-refractivity contribution in [2.45, 2.75) is 56.2 Å². The summed E-state index contributed by atoms with van der Waals surface area (Å²) in [6, 6.07) is 6.09. The highest BCUT2D eigenvalue weighted by Crippen LogP contribution is 2.40. The Morgan fingerprint density at radius 2 is 2.04 bits per heavy atom. The van der Waals surface area contributed by atoms with Crippen LogP contribution in [0.4, 0.5) is 0 Å². The minimum atomic E-state index is 0.350. The van der Waals surface area contributed by atoms with Crippen LogP contribution < -0.4 is 0 Å². The summed E-state index contributed by atoms with van der Waals surface area (Å²) in [5.41, 5.74) is 2.62. The van der Waals surface area contributed by atoms with Gasteiger partial charge in [-0.1, -0.05) is 31.7 Å². The average Bonchev–Trinajstić information content (AvgIpc) is 2.99. The Bertz CT molecular complexity index is 856. The van der Waals surface area contributed by atoms with Crippen molar-refractivity contribution in [1.82, 2.24) is 15.0 Å². The van der Waals surface area contributed by atoms with Crippen LogP contribution in [-0.4, -0.2) is 15.0 Å². The van der Waals surface area contributed by atoms with Gasteiger partial charge in [0.25, 0.3) is 0 Å². The number of nitrogens with zero attached hydrogens (tertiary/aromatic N) is 3. The van der Waals surface area contributed by atoms with Gasteiger partial charge in [0, 0.05) is 28.1 Å². The Hall–Kier alpha value is -1.46. The number of fused-ring (bicyclic) bond motifs is 3. The van der Waals surface area contributed by atoms with Crippen molar-refractivity contribution in [3.8, 4) is 0 Å². The highest BCUT2D eigenvalue weighted by Gasteiger charge is 2.22. The van der Waals surface area contributed by atoms with Crippen molar-refractivity contribution < 1.29 is 0 Å². The number of hydrogen-bond donors (Lipinski definition) is 0. The third-order valence-electron chi connectivity index (χ3n) is 4.40. The molecular formula is C19H21N3S2. The molecule has 0 unspecified atom stereocenters. The second-order valence-corrected chi connectivity index (χ2v) is 8.59. The van der Waals surface area contributed by atoms with Crippen LogP contribution in [0.5, 0.6) is 0 Å². The zero-order valence-corrected chi connectivity index (χ0v) is 15.7. The zero-order chi connectivity index (χ0) is 16.5. The van der Waals surface area contributed by atoms with Crippen molar-refractivity contribution in [3.63, 3.8) is 0 Å². The third kappa shape index (κ3) is 3.07. The molecule has 3 heterocycles. The van der Waals surface area contributed by atoms with Crippen molar-refractivity contribution in [2.24, 2.45) is 0 Å². The molecule has 0 radical (unpaired) electrons. The number of rotatable bonds is 4. The molecule has 0 aliphatic heterocycles. The quantitative estimate of drug-likeness (QED) is 0.465. The second-order valence-electron chi connectivity index (χ2n) is 6.54. The SMILES string of the molecule is CC(C)c1nc(SCc2ccccn2)c2c3c(sc2n1)CCCC3. The topological polar surface area (TPSA) is 38.7 Å². The zero-order valence-electron chi connectivity index (χ0n) is 14.1. The molecule has 0 spiro atoms. The molecule has 4 rings (SSSR count). The highest BCUT2D eigenvalue weighted by atomic mass is 32.2. The second kappa shape index (κ2) is 6.81. The third-order valence-corrected chi connectivity index (χ3v) is 6.59. The van der Waals surface area contributed by atoms with E-state index in [0.717, 1.165) is 22.3 Å². The molecule has 3 nitrogen and oxygen atoms in total. The standard InChI is InChI=1S/C19H21N3S2/c1-12(2)17-21-18(23-11-13-7-5-6-10-20-13)16-14-8-3-4-9-15(14)24-19(16)22-17/h5-7,10,12H,3-4,8-9,11H2,1-2H3. The van der Waals surface area contributed by atoms with Gasteiger partial charge in [0.05, 0.1) is 5.69 Å². The minimum absolute atomic E-state index is 0.350. The fourth-order valence-corrected chi connectivity index (χ4v) is 5.44. The number of thioether (sulfide) groups is 1. The maximum Gasteiger partial charge on any atom is 0.133 e. The first-order chi connectivity index (χ1) is 11.7. The van der Waals surface area contributed by atoms with E-state index in [2.05, 4.69) is 24.9 Å². The summed E-state index contributed by atoms with van der Waals surface area (Å²) in [7, 11) is 0. The first-order valence-electron chi connectivity index (χ1n) is 8.57. The van der Waals surface area contributed by atoms with Gasteiger partial charge in [-0.3, -0.25) is 4.98 Å². The molecular weight excluding hydrogens is 334 g/mol. The van der Waals surface area contributed by atoms with Crippen molar-refractivity contribution in [3.05, 3.63) is 46.4 Å². The summed E-state index contributed by atoms with van der Waals surface area (Å²) in [6.45, 7) is 4.34. The molecule has 0 amide bonds. The van der Waals surface area contributed by atoms with Gasteiger partial charge in [-0.15, -0.1) is 11.3 Å². The first-order valence-corrected chi connectivity index (χ1v) is 10.4. The predicted molar refractivity (Wildman–Crippen MR) is 102 cm³/mol. The van der Waals surface area contributed by atoms with E-state index in [9.17, 15) is 0 Å². The molecule has 1 aliphatic carbocycles. The average molecular weight is 356 g/mol. The molecule has 0 saturated carbocycles. The number of thiophene rings is 1. The van der Waals surface area contributed by atoms with Gasteiger partial charge in [0.2, 0.25) is 0 Å². The van der Waals surface area contributed by atoms with E-state index in [1.54, 1.807) is 11.8 Å². The Morgan fingerprint density at radius 3 is 2.83 bits per heavy atom. The predicted octanol–water partition coefficient (Wildman–Crippen LogP) is 5.38. The van der Waals surface area contributed by atoms with Gasteiger partial charge < -0.3 is 0 Å². The fraction of sp³-hybridized carbons (Fsp3) is 0.421. The Balaban J connectivity index is 1.77. The van der Waals surface area contributed by atoms with E-state index >= 15 is 0 Å². The van der Waals surface area contributed by atoms with Crippen LogP contribution in [0.1, 0.15) is 54.6 Å². The molecule has 0 atom stereocenters. The van der Waals surface area contributed by atoms with E-state index in [4.69, 9.17) is 9.97 Å². The lowest BCUT2D eigenvalue weighted by Crippen LogP contribution is -2.02. The van der Waals surface area contributed by atoms with E-state index in [-0.39, 0.29) is 0 Å². The minimum Gasteiger partial charge on any atom is -0.260 e. The van der Waals surface area contributed by atoms with Crippen LogP contribution in [0.15, 0.2) is 29.4 Å². The summed E-state index contributed by atoms with van der Waals surface area (Å²) in [5.74, 6) is 2.17. The Labute approximate surface area is 151 Å². The molecule has 5 heteroatoms. The largest absolute Gasteiger partial charge is 0.260 e. The Kier molecular flexibility index (Phi) is 4.55. The molecule has 3 aromatic rings. The highest BCUT2D eigenvalue weighted by molar-refractivity contribution is 7.98.